The number of halogens is 1. The van der Waals surface area contributed by atoms with E-state index in [0.29, 0.717) is 23.7 Å². The van der Waals surface area contributed by atoms with Crippen LogP contribution in [-0.4, -0.2) is 36.6 Å². The number of amides is 2. The van der Waals surface area contributed by atoms with Crippen molar-refractivity contribution in [2.45, 2.75) is 38.8 Å². The lowest BCUT2D eigenvalue weighted by Crippen LogP contribution is -2.48. The molecule has 1 fully saturated rings. The van der Waals surface area contributed by atoms with Crippen molar-refractivity contribution in [1.82, 2.24) is 15.5 Å². The van der Waals surface area contributed by atoms with Crippen molar-refractivity contribution in [1.29, 1.82) is 5.26 Å². The summed E-state index contributed by atoms with van der Waals surface area (Å²) in [5.74, 6) is -0.422. The Morgan fingerprint density at radius 2 is 2.26 bits per heavy atom. The van der Waals surface area contributed by atoms with Gasteiger partial charge in [0.2, 0.25) is 0 Å². The minimum atomic E-state index is -0.422. The van der Waals surface area contributed by atoms with Crippen molar-refractivity contribution in [3.8, 4) is 6.07 Å². The number of nitriles is 1. The molecule has 2 N–H and O–H groups in total. The maximum absolute atomic E-state index is 13.6. The van der Waals surface area contributed by atoms with E-state index < -0.39 is 5.82 Å². The molecular weight excluding hydrogens is 295 g/mol. The van der Waals surface area contributed by atoms with Crippen molar-refractivity contribution in [2.24, 2.45) is 0 Å². The van der Waals surface area contributed by atoms with Gasteiger partial charge in [0, 0.05) is 24.7 Å². The van der Waals surface area contributed by atoms with E-state index in [1.54, 1.807) is 0 Å². The van der Waals surface area contributed by atoms with E-state index in [4.69, 9.17) is 5.26 Å². The maximum atomic E-state index is 13.6. The molecule has 0 unspecified atom stereocenters. The van der Waals surface area contributed by atoms with Gasteiger partial charge in [-0.1, -0.05) is 13.3 Å². The number of rotatable bonds is 5. The van der Waals surface area contributed by atoms with Crippen LogP contribution in [0.15, 0.2) is 18.2 Å². The van der Waals surface area contributed by atoms with Gasteiger partial charge < -0.3 is 10.6 Å². The molecule has 1 aromatic carbocycles. The highest BCUT2D eigenvalue weighted by atomic mass is 19.1. The third-order valence-electron chi connectivity index (χ3n) is 4.27. The lowest BCUT2D eigenvalue weighted by atomic mass is 10.0. The second-order valence-electron chi connectivity index (χ2n) is 5.76. The Balaban J connectivity index is 1.80. The van der Waals surface area contributed by atoms with Gasteiger partial charge in [0.05, 0.1) is 11.6 Å². The predicted molar refractivity (Wildman–Crippen MR) is 86.2 cm³/mol. The van der Waals surface area contributed by atoms with Gasteiger partial charge in [-0.3, -0.25) is 4.90 Å². The first-order chi connectivity index (χ1) is 11.1. The second-order valence-corrected chi connectivity index (χ2v) is 5.76. The molecule has 0 saturated carbocycles. The smallest absolute Gasteiger partial charge is 0.315 e. The van der Waals surface area contributed by atoms with Crippen molar-refractivity contribution in [3.63, 3.8) is 0 Å². The number of hydrogen-bond donors (Lipinski definition) is 2. The summed E-state index contributed by atoms with van der Waals surface area (Å²) in [7, 11) is 0. The average Bonchev–Trinajstić information content (AvgIpc) is 2.59. The van der Waals surface area contributed by atoms with E-state index in [2.05, 4.69) is 22.5 Å². The van der Waals surface area contributed by atoms with E-state index in [-0.39, 0.29) is 12.6 Å². The van der Waals surface area contributed by atoms with Gasteiger partial charge in [0.25, 0.3) is 0 Å². The minimum Gasteiger partial charge on any atom is -0.337 e. The molecule has 5 nitrogen and oxygen atoms in total. The van der Waals surface area contributed by atoms with E-state index in [9.17, 15) is 9.18 Å². The number of nitrogens with zero attached hydrogens (tertiary/aromatic N) is 2. The van der Waals surface area contributed by atoms with E-state index in [1.165, 1.54) is 31.0 Å². The number of benzene rings is 1. The summed E-state index contributed by atoms with van der Waals surface area (Å²) in [6.07, 6.45) is 3.49. The molecule has 124 valence electrons. The van der Waals surface area contributed by atoms with Crippen LogP contribution in [0.25, 0.3) is 0 Å². The number of likely N-dealkylation sites (tertiary alicyclic amines) is 1. The Kier molecular flexibility index (Phi) is 6.36. The zero-order valence-electron chi connectivity index (χ0n) is 13.4. The van der Waals surface area contributed by atoms with Gasteiger partial charge in [-0.2, -0.15) is 5.26 Å². The zero-order chi connectivity index (χ0) is 16.7. The number of piperidine rings is 1. The van der Waals surface area contributed by atoms with Crippen LogP contribution in [0, 0.1) is 17.1 Å². The Bertz CT molecular complexity index is 584. The van der Waals surface area contributed by atoms with Gasteiger partial charge >= 0.3 is 6.03 Å². The van der Waals surface area contributed by atoms with Crippen LogP contribution in [0.3, 0.4) is 0 Å². The summed E-state index contributed by atoms with van der Waals surface area (Å²) in [6, 6.07) is 6.14. The molecule has 2 rings (SSSR count). The fourth-order valence-electron chi connectivity index (χ4n) is 2.94. The van der Waals surface area contributed by atoms with Crippen LogP contribution in [0.1, 0.15) is 37.3 Å². The van der Waals surface area contributed by atoms with E-state index in [1.807, 2.05) is 6.07 Å². The first-order valence-electron chi connectivity index (χ1n) is 8.08. The molecule has 23 heavy (non-hydrogen) atoms. The summed E-state index contributed by atoms with van der Waals surface area (Å²) in [4.78, 5) is 14.3. The van der Waals surface area contributed by atoms with Crippen molar-refractivity contribution < 1.29 is 9.18 Å². The fourth-order valence-corrected chi connectivity index (χ4v) is 2.94. The third kappa shape index (κ3) is 4.93. The van der Waals surface area contributed by atoms with Crippen LogP contribution in [0.2, 0.25) is 0 Å². The highest BCUT2D eigenvalue weighted by Gasteiger charge is 2.21. The molecule has 1 aliphatic rings. The monoisotopic (exact) mass is 318 g/mol. The van der Waals surface area contributed by atoms with Gasteiger partial charge in [-0.15, -0.1) is 0 Å². The first kappa shape index (κ1) is 17.2. The molecule has 0 bridgehead atoms. The number of likely N-dealkylation sites (N-methyl/N-ethyl adjacent to an activating group) is 1. The fraction of sp³-hybridized carbons (Fsp3) is 0.529. The molecule has 0 aromatic heterocycles. The van der Waals surface area contributed by atoms with Gasteiger partial charge in [-0.05, 0) is 44.1 Å². The first-order valence-corrected chi connectivity index (χ1v) is 8.08. The summed E-state index contributed by atoms with van der Waals surface area (Å²) >= 11 is 0. The molecule has 2 amide bonds. The lowest BCUT2D eigenvalue weighted by Gasteiger charge is -2.34. The lowest BCUT2D eigenvalue weighted by molar-refractivity contribution is 0.153. The van der Waals surface area contributed by atoms with Crippen LogP contribution in [-0.2, 0) is 6.54 Å². The maximum Gasteiger partial charge on any atom is 0.315 e. The quantitative estimate of drug-likeness (QED) is 0.876. The summed E-state index contributed by atoms with van der Waals surface area (Å²) < 4.78 is 13.6. The number of carbonyl (C=O) groups excluding carboxylic acids is 1. The van der Waals surface area contributed by atoms with Gasteiger partial charge in [-0.25, -0.2) is 9.18 Å². The van der Waals surface area contributed by atoms with Gasteiger partial charge in [0.1, 0.15) is 5.82 Å². The highest BCUT2D eigenvalue weighted by Crippen LogP contribution is 2.15. The topological polar surface area (TPSA) is 68.2 Å². The molecule has 1 aliphatic heterocycles. The minimum absolute atomic E-state index is 0.0648. The van der Waals surface area contributed by atoms with Crippen molar-refractivity contribution in [2.75, 3.05) is 19.6 Å². The van der Waals surface area contributed by atoms with Crippen LogP contribution in [0.4, 0.5) is 9.18 Å². The summed E-state index contributed by atoms with van der Waals surface area (Å²) in [5, 5.41) is 14.3. The summed E-state index contributed by atoms with van der Waals surface area (Å²) in [6.45, 7) is 4.86. The van der Waals surface area contributed by atoms with Crippen molar-refractivity contribution >= 4 is 6.03 Å². The predicted octanol–water partition coefficient (Wildman–Crippen LogP) is 2.37. The normalized spacial score (nSPS) is 18.2. The molecule has 1 atom stereocenters. The zero-order valence-corrected chi connectivity index (χ0v) is 13.4. The van der Waals surface area contributed by atoms with Crippen LogP contribution in [0.5, 0.6) is 0 Å². The highest BCUT2D eigenvalue weighted by molar-refractivity contribution is 5.73. The van der Waals surface area contributed by atoms with Crippen molar-refractivity contribution in [3.05, 3.63) is 35.1 Å². The van der Waals surface area contributed by atoms with Crippen LogP contribution < -0.4 is 10.6 Å². The number of nitrogens with one attached hydrogen (secondary N) is 2. The standard InChI is InChI=1S/C17H23FN4O/c1-2-22-8-4-3-5-15(22)12-21-17(23)20-11-14-9-13(10-19)6-7-16(14)18/h6-7,9,15H,2-5,8,11-12H2,1H3,(H2,20,21,23)/t15-/m1/s1. The molecule has 6 heteroatoms. The Morgan fingerprint density at radius 1 is 1.43 bits per heavy atom. The molecule has 0 spiro atoms. The van der Waals surface area contributed by atoms with E-state index in [0.717, 1.165) is 19.5 Å². The third-order valence-corrected chi connectivity index (χ3v) is 4.27. The molecular formula is C17H23FN4O. The molecule has 0 aliphatic carbocycles. The second kappa shape index (κ2) is 8.49. The number of urea groups is 1. The molecule has 1 heterocycles. The number of carbonyl (C=O) groups is 1. The van der Waals surface area contributed by atoms with E-state index >= 15 is 0 Å². The molecule has 1 aromatic rings. The van der Waals surface area contributed by atoms with Crippen LogP contribution >= 0.6 is 0 Å². The Labute approximate surface area is 136 Å². The Morgan fingerprint density at radius 3 is 3.00 bits per heavy atom. The molecule has 1 saturated heterocycles. The SMILES string of the molecule is CCN1CCCC[C@@H]1CNC(=O)NCc1cc(C#N)ccc1F. The van der Waals surface area contributed by atoms with Gasteiger partial charge in [0.15, 0.2) is 0 Å². The molecule has 0 radical (unpaired) electrons. The Hall–Kier alpha value is -2.13. The largest absolute Gasteiger partial charge is 0.337 e. The number of hydrogen-bond acceptors (Lipinski definition) is 3. The summed E-state index contributed by atoms with van der Waals surface area (Å²) in [5.41, 5.74) is 0.691. The average molecular weight is 318 g/mol.